The van der Waals surface area contributed by atoms with Crippen molar-refractivity contribution in [3.63, 3.8) is 0 Å². The van der Waals surface area contributed by atoms with Gasteiger partial charge in [-0.15, -0.1) is 0 Å². The van der Waals surface area contributed by atoms with E-state index in [1.165, 1.54) is 0 Å². The number of nitrogens with one attached hydrogen (secondary N) is 2. The molecule has 0 unspecified atom stereocenters. The summed E-state index contributed by atoms with van der Waals surface area (Å²) in [5, 5.41) is 10.4. The van der Waals surface area contributed by atoms with E-state index in [1.54, 1.807) is 6.92 Å². The van der Waals surface area contributed by atoms with Gasteiger partial charge in [-0.05, 0) is 36.8 Å². The summed E-state index contributed by atoms with van der Waals surface area (Å²) in [6.07, 6.45) is 3.82. The Morgan fingerprint density at radius 1 is 1.14 bits per heavy atom. The Bertz CT molecular complexity index is 803. The van der Waals surface area contributed by atoms with Gasteiger partial charge in [0, 0.05) is 11.8 Å². The van der Waals surface area contributed by atoms with Crippen LogP contribution < -0.4 is 5.32 Å². The molecule has 0 spiro atoms. The second-order valence-electron chi connectivity index (χ2n) is 4.73. The number of anilines is 1. The van der Waals surface area contributed by atoms with E-state index in [0.29, 0.717) is 11.7 Å². The van der Waals surface area contributed by atoms with Crippen molar-refractivity contribution in [2.45, 2.75) is 6.92 Å². The normalized spacial score (nSPS) is 11.1. The molecule has 0 amide bonds. The summed E-state index contributed by atoms with van der Waals surface area (Å²) in [5.41, 5.74) is 3.44. The molecule has 0 aliphatic rings. The van der Waals surface area contributed by atoms with Crippen molar-refractivity contribution in [3.8, 4) is 0 Å². The van der Waals surface area contributed by atoms with E-state index < -0.39 is 0 Å². The van der Waals surface area contributed by atoms with Gasteiger partial charge in [0.25, 0.3) is 0 Å². The minimum absolute atomic E-state index is 0.391. The number of hydrogen-bond acceptors (Lipinski definition) is 3. The molecule has 0 fully saturated rings. The summed E-state index contributed by atoms with van der Waals surface area (Å²) in [6, 6.07) is 15.6. The van der Waals surface area contributed by atoms with Crippen molar-refractivity contribution in [2.75, 3.05) is 5.32 Å². The molecular formula is C17H15N3O. The molecule has 21 heavy (non-hydrogen) atoms. The van der Waals surface area contributed by atoms with Crippen molar-refractivity contribution in [3.05, 3.63) is 60.0 Å². The molecular weight excluding hydrogens is 262 g/mol. The quantitative estimate of drug-likeness (QED) is 0.550. The molecule has 0 saturated carbocycles. The Labute approximate surface area is 122 Å². The van der Waals surface area contributed by atoms with Crippen molar-refractivity contribution in [1.82, 2.24) is 4.98 Å². The van der Waals surface area contributed by atoms with Crippen LogP contribution in [-0.4, -0.2) is 10.8 Å². The SMILES string of the molecule is CC(=N)Nc1ccc2oc(C=Cc3ccccc3)nc2c1. The lowest BCUT2D eigenvalue weighted by Crippen LogP contribution is -2.04. The Morgan fingerprint density at radius 3 is 2.71 bits per heavy atom. The first-order valence-electron chi connectivity index (χ1n) is 6.66. The van der Waals surface area contributed by atoms with Crippen LogP contribution in [0, 0.1) is 5.41 Å². The van der Waals surface area contributed by atoms with Crippen LogP contribution in [0.25, 0.3) is 23.3 Å². The van der Waals surface area contributed by atoms with Crippen LogP contribution in [0.4, 0.5) is 5.69 Å². The van der Waals surface area contributed by atoms with Gasteiger partial charge < -0.3 is 9.73 Å². The van der Waals surface area contributed by atoms with Crippen LogP contribution in [0.2, 0.25) is 0 Å². The number of hydrogen-bond donors (Lipinski definition) is 2. The van der Waals surface area contributed by atoms with E-state index >= 15 is 0 Å². The number of aromatic nitrogens is 1. The molecule has 0 aliphatic heterocycles. The standard InChI is InChI=1S/C17H15N3O/c1-12(18)19-14-8-9-16-15(11-14)20-17(21-16)10-7-13-5-3-2-4-6-13/h2-11H,1H3,(H2,18,19). The zero-order chi connectivity index (χ0) is 14.7. The predicted molar refractivity (Wildman–Crippen MR) is 86.4 cm³/mol. The summed E-state index contributed by atoms with van der Waals surface area (Å²) in [5.74, 6) is 0.958. The molecule has 4 nitrogen and oxygen atoms in total. The highest BCUT2D eigenvalue weighted by molar-refractivity contribution is 5.93. The van der Waals surface area contributed by atoms with Crippen LogP contribution in [0.15, 0.2) is 52.9 Å². The largest absolute Gasteiger partial charge is 0.437 e. The lowest BCUT2D eigenvalue weighted by atomic mass is 10.2. The van der Waals surface area contributed by atoms with Crippen LogP contribution in [0.1, 0.15) is 18.4 Å². The average molecular weight is 277 g/mol. The first-order chi connectivity index (χ1) is 10.2. The smallest absolute Gasteiger partial charge is 0.220 e. The number of oxazole rings is 1. The van der Waals surface area contributed by atoms with E-state index in [-0.39, 0.29) is 0 Å². The maximum Gasteiger partial charge on any atom is 0.220 e. The number of fused-ring (bicyclic) bond motifs is 1. The van der Waals surface area contributed by atoms with Gasteiger partial charge in [0.15, 0.2) is 5.58 Å². The van der Waals surface area contributed by atoms with E-state index in [1.807, 2.05) is 60.7 Å². The zero-order valence-corrected chi connectivity index (χ0v) is 11.6. The maximum absolute atomic E-state index is 7.44. The highest BCUT2D eigenvalue weighted by Crippen LogP contribution is 2.21. The monoisotopic (exact) mass is 277 g/mol. The van der Waals surface area contributed by atoms with Crippen LogP contribution >= 0.6 is 0 Å². The predicted octanol–water partition coefficient (Wildman–Crippen LogP) is 4.41. The van der Waals surface area contributed by atoms with Crippen LogP contribution in [0.3, 0.4) is 0 Å². The van der Waals surface area contributed by atoms with Gasteiger partial charge in [-0.2, -0.15) is 0 Å². The molecule has 104 valence electrons. The number of rotatable bonds is 3. The van der Waals surface area contributed by atoms with Gasteiger partial charge in [-0.1, -0.05) is 30.3 Å². The minimum atomic E-state index is 0.391. The molecule has 0 saturated heterocycles. The molecule has 4 heteroatoms. The van der Waals surface area contributed by atoms with E-state index in [2.05, 4.69) is 10.3 Å². The third-order valence-corrected chi connectivity index (χ3v) is 2.95. The van der Waals surface area contributed by atoms with Gasteiger partial charge >= 0.3 is 0 Å². The third kappa shape index (κ3) is 3.17. The zero-order valence-electron chi connectivity index (χ0n) is 11.6. The molecule has 0 aliphatic carbocycles. The van der Waals surface area contributed by atoms with Gasteiger partial charge in [0.1, 0.15) is 5.52 Å². The first-order valence-corrected chi connectivity index (χ1v) is 6.66. The number of benzene rings is 2. The van der Waals surface area contributed by atoms with Crippen LogP contribution in [-0.2, 0) is 0 Å². The maximum atomic E-state index is 7.44. The van der Waals surface area contributed by atoms with Crippen LogP contribution in [0.5, 0.6) is 0 Å². The highest BCUT2D eigenvalue weighted by Gasteiger charge is 2.04. The number of amidine groups is 1. The molecule has 3 rings (SSSR count). The number of nitrogens with zero attached hydrogens (tertiary/aromatic N) is 1. The highest BCUT2D eigenvalue weighted by atomic mass is 16.3. The first kappa shape index (κ1) is 13.1. The average Bonchev–Trinajstić information content (AvgIpc) is 2.88. The Balaban J connectivity index is 1.87. The van der Waals surface area contributed by atoms with Gasteiger partial charge in [0.2, 0.25) is 5.89 Å². The fourth-order valence-electron chi connectivity index (χ4n) is 2.04. The Kier molecular flexibility index (Phi) is 3.51. The van der Waals surface area contributed by atoms with E-state index in [0.717, 1.165) is 22.4 Å². The second kappa shape index (κ2) is 5.63. The molecule has 1 aromatic heterocycles. The summed E-state index contributed by atoms with van der Waals surface area (Å²) >= 11 is 0. The molecule has 3 aromatic rings. The fraction of sp³-hybridized carbons (Fsp3) is 0.0588. The Morgan fingerprint density at radius 2 is 1.95 bits per heavy atom. The molecule has 2 aromatic carbocycles. The molecule has 1 heterocycles. The van der Waals surface area contributed by atoms with Crippen molar-refractivity contribution in [1.29, 1.82) is 5.41 Å². The Hall–Kier alpha value is -2.88. The summed E-state index contributed by atoms with van der Waals surface area (Å²) < 4.78 is 5.67. The topological polar surface area (TPSA) is 61.9 Å². The lowest BCUT2D eigenvalue weighted by molar-refractivity contribution is 0.590. The van der Waals surface area contributed by atoms with E-state index in [4.69, 9.17) is 9.83 Å². The second-order valence-corrected chi connectivity index (χ2v) is 4.73. The van der Waals surface area contributed by atoms with E-state index in [9.17, 15) is 0 Å². The summed E-state index contributed by atoms with van der Waals surface area (Å²) in [6.45, 7) is 1.70. The molecule has 0 radical (unpaired) electrons. The van der Waals surface area contributed by atoms with Crippen molar-refractivity contribution >= 4 is 34.8 Å². The molecule has 0 bridgehead atoms. The van der Waals surface area contributed by atoms with Crippen molar-refractivity contribution < 1.29 is 4.42 Å². The third-order valence-electron chi connectivity index (χ3n) is 2.95. The molecule has 0 atom stereocenters. The van der Waals surface area contributed by atoms with Gasteiger partial charge in [-0.3, -0.25) is 5.41 Å². The lowest BCUT2D eigenvalue weighted by Gasteiger charge is -2.01. The minimum Gasteiger partial charge on any atom is -0.437 e. The summed E-state index contributed by atoms with van der Waals surface area (Å²) in [4.78, 5) is 4.43. The summed E-state index contributed by atoms with van der Waals surface area (Å²) in [7, 11) is 0. The van der Waals surface area contributed by atoms with Gasteiger partial charge in [-0.25, -0.2) is 4.98 Å². The molecule has 2 N–H and O–H groups in total. The van der Waals surface area contributed by atoms with Crippen molar-refractivity contribution in [2.24, 2.45) is 0 Å². The van der Waals surface area contributed by atoms with Gasteiger partial charge in [0.05, 0.1) is 5.84 Å². The fourth-order valence-corrected chi connectivity index (χ4v) is 2.04.